The molecule has 0 bridgehead atoms. The zero-order valence-corrected chi connectivity index (χ0v) is 18.7. The number of para-hydroxylation sites is 2. The zero-order valence-electron chi connectivity index (χ0n) is 17.8. The number of allylic oxidation sites excluding steroid dienone is 1. The summed E-state index contributed by atoms with van der Waals surface area (Å²) < 4.78 is 38.5. The van der Waals surface area contributed by atoms with E-state index in [1.807, 2.05) is 0 Å². The normalized spacial score (nSPS) is 13.8. The molecule has 0 fully saturated rings. The predicted octanol–water partition coefficient (Wildman–Crippen LogP) is 3.52. The number of carbonyl (C=O) groups excluding carboxylic acids is 1. The summed E-state index contributed by atoms with van der Waals surface area (Å²) in [6.45, 7) is 0.0726. The van der Waals surface area contributed by atoms with Gasteiger partial charge in [-0.1, -0.05) is 23.8 Å². The molecule has 0 spiro atoms. The Morgan fingerprint density at radius 1 is 1.03 bits per heavy atom. The highest BCUT2D eigenvalue weighted by molar-refractivity contribution is 7.92. The molecule has 0 unspecified atom stereocenters. The number of methoxy groups -OCH3 is 2. The number of anilines is 1. The molecule has 0 aliphatic heterocycles. The van der Waals surface area contributed by atoms with Crippen LogP contribution in [0, 0.1) is 0 Å². The first-order valence-electron chi connectivity index (χ1n) is 10.2. The average molecular weight is 445 g/mol. The van der Waals surface area contributed by atoms with E-state index in [-0.39, 0.29) is 17.3 Å². The Hall–Kier alpha value is -3.00. The van der Waals surface area contributed by atoms with Crippen molar-refractivity contribution in [3.63, 3.8) is 0 Å². The summed E-state index contributed by atoms with van der Waals surface area (Å²) in [4.78, 5) is 12.8. The Labute approximate surface area is 183 Å². The van der Waals surface area contributed by atoms with Crippen molar-refractivity contribution in [1.29, 1.82) is 0 Å². The van der Waals surface area contributed by atoms with E-state index in [4.69, 9.17) is 9.47 Å². The maximum Gasteiger partial charge on any atom is 0.264 e. The van der Waals surface area contributed by atoms with E-state index >= 15 is 0 Å². The van der Waals surface area contributed by atoms with Crippen LogP contribution in [0.3, 0.4) is 0 Å². The van der Waals surface area contributed by atoms with E-state index in [2.05, 4.69) is 11.4 Å². The number of ether oxygens (including phenoxy) is 2. The van der Waals surface area contributed by atoms with Gasteiger partial charge in [-0.2, -0.15) is 0 Å². The summed E-state index contributed by atoms with van der Waals surface area (Å²) in [5, 5.41) is 2.86. The molecule has 0 saturated heterocycles. The van der Waals surface area contributed by atoms with Crippen molar-refractivity contribution >= 4 is 21.6 Å². The second-order valence-electron chi connectivity index (χ2n) is 7.24. The molecule has 0 saturated carbocycles. The molecule has 1 N–H and O–H groups in total. The molecule has 0 heterocycles. The molecular formula is C23H28N2O5S. The molecule has 1 aliphatic rings. The minimum Gasteiger partial charge on any atom is -0.497 e. The summed E-state index contributed by atoms with van der Waals surface area (Å²) in [5.74, 6) is 0.526. The fraction of sp³-hybridized carbons (Fsp3) is 0.348. The standard InChI is InChI=1S/C23H28N2O5S/c1-29-19-12-14-20(15-13-19)31(27,28)25(21-10-6-7-11-22(21)30-2)17-23(26)24-16-18-8-4-3-5-9-18/h6-8,10-15H,3-5,9,16-17H2,1-2H3,(H,24,26). The maximum atomic E-state index is 13.5. The Bertz CT molecular complexity index is 1030. The quantitative estimate of drug-likeness (QED) is 0.598. The van der Waals surface area contributed by atoms with Crippen LogP contribution in [0.1, 0.15) is 25.7 Å². The van der Waals surface area contributed by atoms with Gasteiger partial charge in [0.25, 0.3) is 10.0 Å². The van der Waals surface area contributed by atoms with Crippen molar-refractivity contribution < 1.29 is 22.7 Å². The minimum atomic E-state index is -4.03. The number of hydrogen-bond donors (Lipinski definition) is 1. The third-order valence-electron chi connectivity index (χ3n) is 5.19. The van der Waals surface area contributed by atoms with Crippen molar-refractivity contribution in [1.82, 2.24) is 5.32 Å². The molecule has 0 aromatic heterocycles. The second-order valence-corrected chi connectivity index (χ2v) is 9.11. The summed E-state index contributed by atoms with van der Waals surface area (Å²) >= 11 is 0. The predicted molar refractivity (Wildman–Crippen MR) is 120 cm³/mol. The number of benzene rings is 2. The van der Waals surface area contributed by atoms with Gasteiger partial charge in [-0.25, -0.2) is 8.42 Å². The van der Waals surface area contributed by atoms with E-state index in [0.717, 1.165) is 23.6 Å². The van der Waals surface area contributed by atoms with Gasteiger partial charge < -0.3 is 14.8 Å². The summed E-state index contributed by atoms with van der Waals surface area (Å²) in [6.07, 6.45) is 6.40. The molecule has 166 valence electrons. The van der Waals surface area contributed by atoms with Crippen LogP contribution in [0.4, 0.5) is 5.69 Å². The smallest absolute Gasteiger partial charge is 0.264 e. The van der Waals surface area contributed by atoms with E-state index in [9.17, 15) is 13.2 Å². The van der Waals surface area contributed by atoms with Crippen LogP contribution in [-0.2, 0) is 14.8 Å². The molecule has 1 amide bonds. The van der Waals surface area contributed by atoms with Gasteiger partial charge in [-0.15, -0.1) is 0 Å². The second kappa shape index (κ2) is 10.3. The fourth-order valence-electron chi connectivity index (χ4n) is 3.47. The first kappa shape index (κ1) is 22.7. The van der Waals surface area contributed by atoms with Crippen LogP contribution in [0.25, 0.3) is 0 Å². The van der Waals surface area contributed by atoms with Gasteiger partial charge >= 0.3 is 0 Å². The maximum absolute atomic E-state index is 13.5. The molecule has 0 atom stereocenters. The van der Waals surface area contributed by atoms with Gasteiger partial charge in [-0.05, 0) is 62.1 Å². The third-order valence-corrected chi connectivity index (χ3v) is 6.96. The van der Waals surface area contributed by atoms with Gasteiger partial charge in [0.1, 0.15) is 18.0 Å². The van der Waals surface area contributed by atoms with Crippen molar-refractivity contribution in [2.75, 3.05) is 31.6 Å². The van der Waals surface area contributed by atoms with E-state index in [0.29, 0.717) is 23.7 Å². The Balaban J connectivity index is 1.88. The lowest BCUT2D eigenvalue weighted by molar-refractivity contribution is -0.119. The molecule has 0 radical (unpaired) electrons. The summed E-state index contributed by atoms with van der Waals surface area (Å²) in [5.41, 5.74) is 1.48. The average Bonchev–Trinajstić information content (AvgIpc) is 2.81. The number of rotatable bonds is 9. The molecule has 2 aromatic rings. The molecule has 2 aromatic carbocycles. The lowest BCUT2D eigenvalue weighted by Crippen LogP contribution is -2.41. The van der Waals surface area contributed by atoms with Crippen molar-refractivity contribution in [3.05, 3.63) is 60.2 Å². The van der Waals surface area contributed by atoms with Gasteiger partial charge in [0.2, 0.25) is 5.91 Å². The lowest BCUT2D eigenvalue weighted by Gasteiger charge is -2.26. The van der Waals surface area contributed by atoms with Crippen LogP contribution in [0.15, 0.2) is 65.1 Å². The van der Waals surface area contributed by atoms with Crippen LogP contribution < -0.4 is 19.1 Å². The number of carbonyl (C=O) groups is 1. The number of nitrogens with one attached hydrogen (secondary N) is 1. The molecule has 1 aliphatic carbocycles. The molecule has 7 nitrogen and oxygen atoms in total. The zero-order chi connectivity index (χ0) is 22.3. The third kappa shape index (κ3) is 5.58. The Kier molecular flexibility index (Phi) is 7.57. The molecule has 8 heteroatoms. The molecule has 31 heavy (non-hydrogen) atoms. The first-order chi connectivity index (χ1) is 15.0. The molecule has 3 rings (SSSR count). The lowest BCUT2D eigenvalue weighted by atomic mass is 10.00. The summed E-state index contributed by atoms with van der Waals surface area (Å²) in [7, 11) is -1.05. The van der Waals surface area contributed by atoms with Crippen molar-refractivity contribution in [3.8, 4) is 11.5 Å². The topological polar surface area (TPSA) is 84.9 Å². The summed E-state index contributed by atoms with van der Waals surface area (Å²) in [6, 6.07) is 12.8. The monoisotopic (exact) mass is 444 g/mol. The van der Waals surface area contributed by atoms with Crippen molar-refractivity contribution in [2.45, 2.75) is 30.6 Å². The SMILES string of the molecule is COc1ccc(S(=O)(=O)N(CC(=O)NCC2=CCCCC2)c2ccccc2OC)cc1. The fourth-order valence-corrected chi connectivity index (χ4v) is 4.91. The Morgan fingerprint density at radius 2 is 1.77 bits per heavy atom. The van der Waals surface area contributed by atoms with Gasteiger partial charge in [0.15, 0.2) is 0 Å². The molecular weight excluding hydrogens is 416 g/mol. The van der Waals surface area contributed by atoms with E-state index in [1.54, 1.807) is 36.4 Å². The number of hydrogen-bond acceptors (Lipinski definition) is 5. The number of amides is 1. The highest BCUT2D eigenvalue weighted by Gasteiger charge is 2.29. The van der Waals surface area contributed by atoms with E-state index in [1.165, 1.54) is 38.3 Å². The highest BCUT2D eigenvalue weighted by atomic mass is 32.2. The number of sulfonamides is 1. The van der Waals surface area contributed by atoms with Crippen LogP contribution in [0.2, 0.25) is 0 Å². The van der Waals surface area contributed by atoms with Gasteiger partial charge in [-0.3, -0.25) is 9.10 Å². The minimum absolute atomic E-state index is 0.0574. The van der Waals surface area contributed by atoms with Gasteiger partial charge in [0.05, 0.1) is 24.8 Å². The van der Waals surface area contributed by atoms with Crippen LogP contribution >= 0.6 is 0 Å². The Morgan fingerprint density at radius 3 is 2.42 bits per heavy atom. The largest absolute Gasteiger partial charge is 0.497 e. The van der Waals surface area contributed by atoms with Crippen molar-refractivity contribution in [2.24, 2.45) is 0 Å². The highest BCUT2D eigenvalue weighted by Crippen LogP contribution is 2.32. The number of nitrogens with zero attached hydrogens (tertiary/aromatic N) is 1. The van der Waals surface area contributed by atoms with Gasteiger partial charge in [0, 0.05) is 6.54 Å². The van der Waals surface area contributed by atoms with Crippen LogP contribution in [-0.4, -0.2) is 41.6 Å². The first-order valence-corrected chi connectivity index (χ1v) is 11.6. The van der Waals surface area contributed by atoms with E-state index < -0.39 is 10.0 Å². The van der Waals surface area contributed by atoms with Crippen LogP contribution in [0.5, 0.6) is 11.5 Å².